The Kier molecular flexibility index (Phi) is 7.93. The van der Waals surface area contributed by atoms with Gasteiger partial charge < -0.3 is 24.2 Å². The van der Waals surface area contributed by atoms with Crippen LogP contribution in [0.1, 0.15) is 63.0 Å². The number of carbonyl (C=O) groups is 1. The Bertz CT molecular complexity index is 1090. The fraction of sp³-hybridized carbons (Fsp3) is 0.613. The van der Waals surface area contributed by atoms with Gasteiger partial charge >= 0.3 is 6.09 Å². The number of piperazine rings is 1. The minimum absolute atomic E-state index is 0.00921. The van der Waals surface area contributed by atoms with Crippen molar-refractivity contribution in [3.8, 4) is 0 Å². The number of hydrazone groups is 1. The summed E-state index contributed by atoms with van der Waals surface area (Å²) in [6, 6.07) is 10.2. The highest BCUT2D eigenvalue weighted by atomic mass is 16.6. The Labute approximate surface area is 232 Å². The lowest BCUT2D eigenvalue weighted by Gasteiger charge is -2.40. The first-order valence-electron chi connectivity index (χ1n) is 14.9. The lowest BCUT2D eigenvalue weighted by Crippen LogP contribution is -2.51. The van der Waals surface area contributed by atoms with E-state index in [2.05, 4.69) is 70.3 Å². The Hall–Kier alpha value is -2.84. The number of carbonyl (C=O) groups excluding carboxylic acids is 1. The van der Waals surface area contributed by atoms with Crippen molar-refractivity contribution in [1.82, 2.24) is 19.7 Å². The second-order valence-corrected chi connectivity index (χ2v) is 11.8. The van der Waals surface area contributed by atoms with E-state index in [1.165, 1.54) is 48.3 Å². The van der Waals surface area contributed by atoms with Crippen molar-refractivity contribution in [1.29, 1.82) is 0 Å². The summed E-state index contributed by atoms with van der Waals surface area (Å²) in [6.45, 7) is 11.3. The van der Waals surface area contributed by atoms with Crippen LogP contribution >= 0.6 is 0 Å². The van der Waals surface area contributed by atoms with E-state index < -0.39 is 0 Å². The molecular formula is C31H43N5O3. The fourth-order valence-corrected chi connectivity index (χ4v) is 6.64. The highest BCUT2D eigenvalue weighted by Gasteiger charge is 2.35. The predicted molar refractivity (Wildman–Crippen MR) is 153 cm³/mol. The van der Waals surface area contributed by atoms with Crippen molar-refractivity contribution < 1.29 is 14.3 Å². The maximum Gasteiger partial charge on any atom is 0.410 e. The first kappa shape index (κ1) is 26.4. The minimum atomic E-state index is -0.180. The summed E-state index contributed by atoms with van der Waals surface area (Å²) in [6.07, 6.45) is 11.1. The summed E-state index contributed by atoms with van der Waals surface area (Å²) in [4.78, 5) is 19.6. The lowest BCUT2D eigenvalue weighted by molar-refractivity contribution is -0.0138. The van der Waals surface area contributed by atoms with Gasteiger partial charge in [0, 0.05) is 69.6 Å². The monoisotopic (exact) mass is 533 g/mol. The molecule has 1 amide bonds. The van der Waals surface area contributed by atoms with Crippen LogP contribution in [0.3, 0.4) is 0 Å². The number of amides is 1. The van der Waals surface area contributed by atoms with E-state index in [4.69, 9.17) is 9.47 Å². The van der Waals surface area contributed by atoms with Crippen LogP contribution in [0, 0.1) is 0 Å². The molecule has 0 spiro atoms. The van der Waals surface area contributed by atoms with E-state index in [0.717, 1.165) is 32.4 Å². The second-order valence-electron chi connectivity index (χ2n) is 11.8. The number of ether oxygens (including phenoxy) is 2. The molecule has 0 radical (unpaired) electrons. The molecule has 5 heterocycles. The van der Waals surface area contributed by atoms with Crippen LogP contribution in [-0.4, -0.2) is 103 Å². The normalized spacial score (nSPS) is 25.1. The molecule has 0 bridgehead atoms. The van der Waals surface area contributed by atoms with Gasteiger partial charge in [0.05, 0.1) is 19.3 Å². The molecule has 0 aromatic heterocycles. The van der Waals surface area contributed by atoms with Crippen LogP contribution in [0.15, 0.2) is 47.3 Å². The van der Waals surface area contributed by atoms with Gasteiger partial charge in [0.1, 0.15) is 6.10 Å². The molecule has 0 saturated carbocycles. The molecule has 8 nitrogen and oxygen atoms in total. The standard InChI is InChI=1S/C31H43N5O3/c1-23(2)33-13-8-26(9-14-33)24-3-5-25(6-4-24)27-21-30-29(7-12-32-36(30)22-27)34-15-17-35(18-16-34)31(37)39-28-10-19-38-20-11-28/h3-7,12,22-23,26,28,30H,8-11,13-21H2,1-2H3. The number of nitrogens with zero attached hydrogens (tertiary/aromatic N) is 5. The van der Waals surface area contributed by atoms with Gasteiger partial charge in [-0.25, -0.2) is 4.79 Å². The van der Waals surface area contributed by atoms with E-state index in [9.17, 15) is 4.79 Å². The highest BCUT2D eigenvalue weighted by Crippen LogP contribution is 2.37. The molecule has 3 saturated heterocycles. The van der Waals surface area contributed by atoms with Gasteiger partial charge in [-0.15, -0.1) is 0 Å². The van der Waals surface area contributed by atoms with Crippen LogP contribution in [0.4, 0.5) is 4.79 Å². The smallest absolute Gasteiger partial charge is 0.410 e. The zero-order valence-corrected chi connectivity index (χ0v) is 23.5. The third-order valence-electron chi connectivity index (χ3n) is 9.16. The summed E-state index contributed by atoms with van der Waals surface area (Å²) < 4.78 is 11.1. The van der Waals surface area contributed by atoms with Crippen molar-refractivity contribution in [2.24, 2.45) is 5.10 Å². The van der Waals surface area contributed by atoms with Gasteiger partial charge in [0.2, 0.25) is 0 Å². The van der Waals surface area contributed by atoms with Gasteiger partial charge in [0.25, 0.3) is 0 Å². The van der Waals surface area contributed by atoms with Crippen LogP contribution in [0.25, 0.3) is 5.57 Å². The average molecular weight is 534 g/mol. The maximum atomic E-state index is 12.7. The van der Waals surface area contributed by atoms with Gasteiger partial charge in [-0.1, -0.05) is 24.3 Å². The summed E-state index contributed by atoms with van der Waals surface area (Å²) in [5.74, 6) is 0.671. The molecule has 0 N–H and O–H groups in total. The largest absolute Gasteiger partial charge is 0.446 e. The third-order valence-corrected chi connectivity index (χ3v) is 9.16. The number of piperidine rings is 1. The van der Waals surface area contributed by atoms with Crippen LogP contribution in [0.5, 0.6) is 0 Å². The molecule has 1 aromatic rings. The average Bonchev–Trinajstić information content (AvgIpc) is 3.43. The Morgan fingerprint density at radius 2 is 1.69 bits per heavy atom. The molecule has 210 valence electrons. The van der Waals surface area contributed by atoms with Crippen LogP contribution < -0.4 is 0 Å². The van der Waals surface area contributed by atoms with Crippen LogP contribution in [0.2, 0.25) is 0 Å². The maximum absolute atomic E-state index is 12.7. The molecule has 8 heteroatoms. The highest BCUT2D eigenvalue weighted by molar-refractivity contribution is 5.76. The zero-order chi connectivity index (χ0) is 26.8. The van der Waals surface area contributed by atoms with E-state index in [0.29, 0.717) is 38.3 Å². The molecule has 6 rings (SSSR count). The topological polar surface area (TPSA) is 60.9 Å². The lowest BCUT2D eigenvalue weighted by atomic mass is 9.88. The summed E-state index contributed by atoms with van der Waals surface area (Å²) >= 11 is 0. The minimum Gasteiger partial charge on any atom is -0.446 e. The quantitative estimate of drug-likeness (QED) is 0.555. The van der Waals surface area contributed by atoms with Crippen molar-refractivity contribution in [2.45, 2.75) is 70.1 Å². The number of fused-ring (bicyclic) bond motifs is 1. The molecule has 5 aliphatic heterocycles. The van der Waals surface area contributed by atoms with E-state index in [-0.39, 0.29) is 18.2 Å². The summed E-state index contributed by atoms with van der Waals surface area (Å²) in [5, 5.41) is 6.78. The van der Waals surface area contributed by atoms with Crippen LogP contribution in [-0.2, 0) is 9.47 Å². The van der Waals surface area contributed by atoms with Gasteiger partial charge in [0.15, 0.2) is 0 Å². The zero-order valence-electron chi connectivity index (χ0n) is 23.5. The number of allylic oxidation sites excluding steroid dienone is 1. The Morgan fingerprint density at radius 1 is 0.974 bits per heavy atom. The number of benzene rings is 1. The molecule has 39 heavy (non-hydrogen) atoms. The Balaban J connectivity index is 1.03. The second kappa shape index (κ2) is 11.7. The number of likely N-dealkylation sites (tertiary alicyclic amines) is 1. The van der Waals surface area contributed by atoms with Crippen molar-refractivity contribution >= 4 is 17.9 Å². The molecule has 5 aliphatic rings. The van der Waals surface area contributed by atoms with Crippen molar-refractivity contribution in [3.63, 3.8) is 0 Å². The number of hydrogen-bond donors (Lipinski definition) is 0. The SMILES string of the molecule is CC(C)N1CCC(c2ccc(C3=CN4N=CC=C(N5CCN(C(=O)OC6CCOCC6)CC5)C4C3)cc2)CC1. The fourth-order valence-electron chi connectivity index (χ4n) is 6.64. The van der Waals surface area contributed by atoms with Gasteiger partial charge in [-0.05, 0) is 68.5 Å². The molecule has 1 unspecified atom stereocenters. The van der Waals surface area contributed by atoms with Crippen molar-refractivity contribution in [3.05, 3.63) is 53.4 Å². The third kappa shape index (κ3) is 5.87. The molecule has 1 aromatic carbocycles. The summed E-state index contributed by atoms with van der Waals surface area (Å²) in [5.41, 5.74) is 5.40. The summed E-state index contributed by atoms with van der Waals surface area (Å²) in [7, 11) is 0. The van der Waals surface area contributed by atoms with E-state index in [1.54, 1.807) is 0 Å². The van der Waals surface area contributed by atoms with Crippen molar-refractivity contribution in [2.75, 3.05) is 52.5 Å². The van der Waals surface area contributed by atoms with Gasteiger partial charge in [-0.2, -0.15) is 5.10 Å². The number of rotatable bonds is 5. The molecule has 1 atom stereocenters. The molecular weight excluding hydrogens is 490 g/mol. The first-order valence-corrected chi connectivity index (χ1v) is 14.9. The molecule has 0 aliphatic carbocycles. The Morgan fingerprint density at radius 3 is 2.38 bits per heavy atom. The predicted octanol–water partition coefficient (Wildman–Crippen LogP) is 4.51. The molecule has 3 fully saturated rings. The number of hydrogen-bond acceptors (Lipinski definition) is 7. The van der Waals surface area contributed by atoms with Gasteiger partial charge in [-0.3, -0.25) is 5.01 Å². The van der Waals surface area contributed by atoms with E-state index >= 15 is 0 Å². The first-order chi connectivity index (χ1) is 19.0. The van der Waals surface area contributed by atoms with E-state index in [1.807, 2.05) is 11.1 Å².